The fraction of sp³-hybridized carbons (Fsp3) is 0.600. The minimum atomic E-state index is 0.252. The molecule has 0 fully saturated rings. The van der Waals surface area contributed by atoms with E-state index in [2.05, 4.69) is 49.9 Å². The minimum Gasteiger partial charge on any atom is -0.395 e. The zero-order chi connectivity index (χ0) is 12.7. The lowest BCUT2D eigenvalue weighted by Gasteiger charge is -2.30. The van der Waals surface area contributed by atoms with Crippen molar-refractivity contribution in [2.45, 2.75) is 46.2 Å². The average Bonchev–Trinajstić information content (AvgIpc) is 2.34. The molecule has 0 aliphatic rings. The highest BCUT2D eigenvalue weighted by Crippen LogP contribution is 2.14. The molecule has 0 heterocycles. The van der Waals surface area contributed by atoms with E-state index in [1.165, 1.54) is 11.1 Å². The number of aliphatic hydroxyl groups excluding tert-OH is 1. The zero-order valence-electron chi connectivity index (χ0n) is 11.3. The first-order valence-corrected chi connectivity index (χ1v) is 6.62. The lowest BCUT2D eigenvalue weighted by Crippen LogP contribution is -2.37. The van der Waals surface area contributed by atoms with Crippen LogP contribution in [0.2, 0.25) is 0 Å². The molecular formula is C15H25NO. The molecule has 1 aromatic carbocycles. The van der Waals surface area contributed by atoms with Crippen molar-refractivity contribution in [2.24, 2.45) is 0 Å². The Morgan fingerprint density at radius 1 is 1.24 bits per heavy atom. The Labute approximate surface area is 105 Å². The van der Waals surface area contributed by atoms with Crippen LogP contribution in [-0.4, -0.2) is 29.2 Å². The number of aliphatic hydroxyl groups is 1. The zero-order valence-corrected chi connectivity index (χ0v) is 11.3. The maximum Gasteiger partial charge on any atom is 0.0586 e. The molecule has 1 N–H and O–H groups in total. The van der Waals surface area contributed by atoms with Gasteiger partial charge < -0.3 is 5.11 Å². The smallest absolute Gasteiger partial charge is 0.0586 e. The Bertz CT molecular complexity index is 320. The molecule has 0 bridgehead atoms. The lowest BCUT2D eigenvalue weighted by molar-refractivity contribution is 0.113. The van der Waals surface area contributed by atoms with Crippen molar-refractivity contribution in [3.63, 3.8) is 0 Å². The standard InChI is InChI=1S/C15H25NO/c1-4-10-16(15(5-2)12-17)11-14-9-7-6-8-13(14)3/h6-9,15,17H,4-5,10-12H2,1-3H3. The van der Waals surface area contributed by atoms with Crippen molar-refractivity contribution in [1.29, 1.82) is 0 Å². The van der Waals surface area contributed by atoms with Gasteiger partial charge in [-0.1, -0.05) is 38.1 Å². The second-order valence-electron chi connectivity index (χ2n) is 4.64. The van der Waals surface area contributed by atoms with E-state index in [1.54, 1.807) is 0 Å². The van der Waals surface area contributed by atoms with Crippen LogP contribution < -0.4 is 0 Å². The number of nitrogens with zero attached hydrogens (tertiary/aromatic N) is 1. The fourth-order valence-electron chi connectivity index (χ4n) is 2.19. The number of benzene rings is 1. The maximum atomic E-state index is 9.43. The molecule has 0 aliphatic carbocycles. The van der Waals surface area contributed by atoms with Crippen LogP contribution in [0.3, 0.4) is 0 Å². The SMILES string of the molecule is CCCN(Cc1ccccc1C)C(CC)CO. The summed E-state index contributed by atoms with van der Waals surface area (Å²) in [5.41, 5.74) is 2.70. The molecule has 2 heteroatoms. The highest BCUT2D eigenvalue weighted by molar-refractivity contribution is 5.25. The van der Waals surface area contributed by atoms with Gasteiger partial charge in [0.1, 0.15) is 0 Å². The van der Waals surface area contributed by atoms with Gasteiger partial charge in [0.25, 0.3) is 0 Å². The van der Waals surface area contributed by atoms with Gasteiger partial charge in [0.05, 0.1) is 6.61 Å². The van der Waals surface area contributed by atoms with E-state index < -0.39 is 0 Å². The van der Waals surface area contributed by atoms with E-state index in [0.29, 0.717) is 0 Å². The second kappa shape index (κ2) is 7.46. The van der Waals surface area contributed by atoms with Crippen molar-refractivity contribution in [3.05, 3.63) is 35.4 Å². The molecule has 1 atom stereocenters. The molecule has 2 nitrogen and oxygen atoms in total. The van der Waals surface area contributed by atoms with E-state index in [4.69, 9.17) is 0 Å². The monoisotopic (exact) mass is 235 g/mol. The molecule has 0 spiro atoms. The summed E-state index contributed by atoms with van der Waals surface area (Å²) >= 11 is 0. The van der Waals surface area contributed by atoms with Crippen molar-refractivity contribution >= 4 is 0 Å². The number of rotatable bonds is 7. The van der Waals surface area contributed by atoms with Gasteiger partial charge in [-0.05, 0) is 37.4 Å². The molecule has 0 aliphatic heterocycles. The average molecular weight is 235 g/mol. The fourth-order valence-corrected chi connectivity index (χ4v) is 2.19. The van der Waals surface area contributed by atoms with Crippen LogP contribution in [0.15, 0.2) is 24.3 Å². The summed E-state index contributed by atoms with van der Waals surface area (Å²) in [6, 6.07) is 8.79. The highest BCUT2D eigenvalue weighted by Gasteiger charge is 2.15. The van der Waals surface area contributed by atoms with E-state index in [-0.39, 0.29) is 12.6 Å². The Balaban J connectivity index is 2.75. The Morgan fingerprint density at radius 3 is 2.47 bits per heavy atom. The predicted molar refractivity (Wildman–Crippen MR) is 73.0 cm³/mol. The highest BCUT2D eigenvalue weighted by atomic mass is 16.3. The maximum absolute atomic E-state index is 9.43. The quantitative estimate of drug-likeness (QED) is 0.785. The molecule has 17 heavy (non-hydrogen) atoms. The number of hydrogen-bond donors (Lipinski definition) is 1. The Morgan fingerprint density at radius 2 is 1.94 bits per heavy atom. The molecule has 1 unspecified atom stereocenters. The van der Waals surface area contributed by atoms with Crippen LogP contribution >= 0.6 is 0 Å². The van der Waals surface area contributed by atoms with Gasteiger partial charge >= 0.3 is 0 Å². The van der Waals surface area contributed by atoms with Crippen LogP contribution in [0.5, 0.6) is 0 Å². The van der Waals surface area contributed by atoms with Gasteiger partial charge in [0.15, 0.2) is 0 Å². The summed E-state index contributed by atoms with van der Waals surface area (Å²) in [6.07, 6.45) is 2.13. The van der Waals surface area contributed by atoms with Gasteiger partial charge in [0.2, 0.25) is 0 Å². The van der Waals surface area contributed by atoms with Gasteiger partial charge in [0, 0.05) is 12.6 Å². The normalized spacial score (nSPS) is 13.0. The minimum absolute atomic E-state index is 0.252. The van der Waals surface area contributed by atoms with Crippen LogP contribution in [0.4, 0.5) is 0 Å². The van der Waals surface area contributed by atoms with Crippen LogP contribution in [0, 0.1) is 6.92 Å². The Hall–Kier alpha value is -0.860. The molecule has 0 radical (unpaired) electrons. The molecule has 1 aromatic rings. The van der Waals surface area contributed by atoms with E-state index in [0.717, 1.165) is 25.9 Å². The third kappa shape index (κ3) is 4.14. The summed E-state index contributed by atoms with van der Waals surface area (Å²) in [7, 11) is 0. The van der Waals surface area contributed by atoms with Crippen molar-refractivity contribution in [3.8, 4) is 0 Å². The number of hydrogen-bond acceptors (Lipinski definition) is 2. The third-order valence-electron chi connectivity index (χ3n) is 3.34. The van der Waals surface area contributed by atoms with Gasteiger partial charge in [-0.25, -0.2) is 0 Å². The van der Waals surface area contributed by atoms with E-state index >= 15 is 0 Å². The number of aryl methyl sites for hydroxylation is 1. The van der Waals surface area contributed by atoms with E-state index in [9.17, 15) is 5.11 Å². The Kier molecular flexibility index (Phi) is 6.23. The molecule has 0 saturated carbocycles. The first-order chi connectivity index (χ1) is 8.22. The summed E-state index contributed by atoms with van der Waals surface area (Å²) in [5.74, 6) is 0. The van der Waals surface area contributed by atoms with Crippen molar-refractivity contribution < 1.29 is 5.11 Å². The second-order valence-corrected chi connectivity index (χ2v) is 4.64. The summed E-state index contributed by atoms with van der Waals surface area (Å²) in [4.78, 5) is 2.39. The molecular weight excluding hydrogens is 210 g/mol. The van der Waals surface area contributed by atoms with Crippen molar-refractivity contribution in [2.75, 3.05) is 13.2 Å². The first kappa shape index (κ1) is 14.2. The lowest BCUT2D eigenvalue weighted by atomic mass is 10.1. The summed E-state index contributed by atoms with van der Waals surface area (Å²) in [6.45, 7) is 8.73. The van der Waals surface area contributed by atoms with Gasteiger partial charge in [-0.3, -0.25) is 4.90 Å². The summed E-state index contributed by atoms with van der Waals surface area (Å²) < 4.78 is 0. The summed E-state index contributed by atoms with van der Waals surface area (Å²) in [5, 5.41) is 9.43. The molecule has 96 valence electrons. The van der Waals surface area contributed by atoms with Crippen LogP contribution in [-0.2, 0) is 6.54 Å². The third-order valence-corrected chi connectivity index (χ3v) is 3.34. The molecule has 0 aromatic heterocycles. The first-order valence-electron chi connectivity index (χ1n) is 6.62. The molecule has 0 amide bonds. The van der Waals surface area contributed by atoms with Gasteiger partial charge in [-0.15, -0.1) is 0 Å². The molecule has 0 saturated heterocycles. The topological polar surface area (TPSA) is 23.5 Å². The van der Waals surface area contributed by atoms with Crippen LogP contribution in [0.25, 0.3) is 0 Å². The van der Waals surface area contributed by atoms with E-state index in [1.807, 2.05) is 0 Å². The van der Waals surface area contributed by atoms with Crippen LogP contribution in [0.1, 0.15) is 37.8 Å². The largest absolute Gasteiger partial charge is 0.395 e. The van der Waals surface area contributed by atoms with Crippen molar-refractivity contribution in [1.82, 2.24) is 4.90 Å². The predicted octanol–water partition coefficient (Wildman–Crippen LogP) is 2.98. The molecule has 1 rings (SSSR count). The van der Waals surface area contributed by atoms with Gasteiger partial charge in [-0.2, -0.15) is 0 Å².